The Hall–Kier alpha value is -1.68. The Bertz CT molecular complexity index is 890. The van der Waals surface area contributed by atoms with E-state index in [1.807, 2.05) is 0 Å². The van der Waals surface area contributed by atoms with Crippen LogP contribution in [0.25, 0.3) is 0 Å². The fourth-order valence-electron chi connectivity index (χ4n) is 1.50. The van der Waals surface area contributed by atoms with Crippen molar-refractivity contribution in [3.8, 4) is 0 Å². The minimum absolute atomic E-state index is 0.0806. The zero-order chi connectivity index (χ0) is 17.7. The van der Waals surface area contributed by atoms with Crippen LogP contribution in [0, 0.1) is 10.1 Å². The Balaban J connectivity index is 0.000000463. The van der Waals surface area contributed by atoms with Gasteiger partial charge in [0.25, 0.3) is 5.69 Å². The van der Waals surface area contributed by atoms with Crippen LogP contribution in [0.15, 0.2) is 64.4 Å². The minimum atomic E-state index is -3.72. The van der Waals surface area contributed by atoms with Crippen LogP contribution in [0.5, 0.6) is 0 Å². The first kappa shape index (κ1) is 19.4. The number of hydrogen-bond donors (Lipinski definition) is 0. The Morgan fingerprint density at radius 3 is 1.78 bits per heavy atom. The van der Waals surface area contributed by atoms with Crippen molar-refractivity contribution >= 4 is 45.2 Å². The van der Waals surface area contributed by atoms with Gasteiger partial charge in [0.05, 0.1) is 14.7 Å². The zero-order valence-electron chi connectivity index (χ0n) is 11.2. The summed E-state index contributed by atoms with van der Waals surface area (Å²) >= 11 is 0. The molecule has 11 heteroatoms. The van der Waals surface area contributed by atoms with Crippen molar-refractivity contribution in [1.82, 2.24) is 0 Å². The molecule has 0 bridgehead atoms. The van der Waals surface area contributed by atoms with Crippen LogP contribution in [-0.4, -0.2) is 21.8 Å². The molecule has 2 rings (SSSR count). The largest absolute Gasteiger partial charge is 0.317 e. The highest BCUT2D eigenvalue weighted by molar-refractivity contribution is 8.31. The zero-order valence-corrected chi connectivity index (χ0v) is 14.3. The van der Waals surface area contributed by atoms with Gasteiger partial charge in [0, 0.05) is 33.5 Å². The van der Waals surface area contributed by atoms with Crippen LogP contribution in [0.4, 0.5) is 5.69 Å². The lowest BCUT2D eigenvalue weighted by molar-refractivity contribution is -0.385. The van der Waals surface area contributed by atoms with Crippen molar-refractivity contribution in [3.05, 3.63) is 64.7 Å². The first-order valence-electron chi connectivity index (χ1n) is 5.70. The van der Waals surface area contributed by atoms with Crippen LogP contribution in [-0.2, 0) is 18.1 Å². The Morgan fingerprint density at radius 1 is 0.826 bits per heavy atom. The van der Waals surface area contributed by atoms with E-state index in [0.29, 0.717) is 0 Å². The molecule has 0 radical (unpaired) electrons. The second-order valence-electron chi connectivity index (χ2n) is 3.95. The third kappa shape index (κ3) is 6.53. The molecule has 2 aromatic carbocycles. The van der Waals surface area contributed by atoms with E-state index < -0.39 is 23.0 Å². The minimum Gasteiger partial charge on any atom is -0.258 e. The van der Waals surface area contributed by atoms with Crippen LogP contribution < -0.4 is 0 Å². The number of hydrogen-bond acceptors (Lipinski definition) is 6. The summed E-state index contributed by atoms with van der Waals surface area (Å²) < 4.78 is 42.7. The highest BCUT2D eigenvalue weighted by Crippen LogP contribution is 2.23. The molecule has 0 aliphatic heterocycles. The maximum absolute atomic E-state index is 12.2. The second-order valence-corrected chi connectivity index (χ2v) is 9.57. The lowest BCUT2D eigenvalue weighted by atomic mass is 10.3. The van der Waals surface area contributed by atoms with Gasteiger partial charge in [-0.25, -0.2) is 8.42 Å². The van der Waals surface area contributed by atoms with Crippen molar-refractivity contribution in [2.24, 2.45) is 0 Å². The number of rotatable bonds is 3. The molecule has 0 unspecified atom stereocenters. The molecule has 23 heavy (non-hydrogen) atoms. The molecule has 0 saturated heterocycles. The summed E-state index contributed by atoms with van der Waals surface area (Å²) in [5.41, 5.74) is -0.244. The van der Waals surface area contributed by atoms with E-state index in [9.17, 15) is 18.5 Å². The summed E-state index contributed by atoms with van der Waals surface area (Å²) in [6.07, 6.45) is 0. The number of non-ortho nitro benzene ring substituents is 1. The van der Waals surface area contributed by atoms with Crippen LogP contribution >= 0.6 is 21.4 Å². The molecular weight excluding hydrogens is 389 g/mol. The van der Waals surface area contributed by atoms with Gasteiger partial charge in [-0.1, -0.05) is 24.3 Å². The summed E-state index contributed by atoms with van der Waals surface area (Å²) in [5, 5.41) is 10.6. The molecule has 0 aromatic heterocycles. The van der Waals surface area contributed by atoms with E-state index in [2.05, 4.69) is 21.4 Å². The van der Waals surface area contributed by atoms with Crippen molar-refractivity contribution < 1.29 is 21.8 Å². The molecule has 7 nitrogen and oxygen atoms in total. The van der Waals surface area contributed by atoms with E-state index in [4.69, 9.17) is 8.42 Å². The third-order valence-corrected chi connectivity index (χ3v) is 4.16. The van der Waals surface area contributed by atoms with Gasteiger partial charge in [0.2, 0.25) is 9.84 Å². The number of halogens is 2. The topological polar surface area (TPSA) is 111 Å². The molecule has 0 saturated carbocycles. The average molecular weight is 398 g/mol. The van der Waals surface area contributed by atoms with Gasteiger partial charge in [-0.3, -0.25) is 10.1 Å². The molecule has 0 aliphatic carbocycles. The van der Waals surface area contributed by atoms with Gasteiger partial charge in [-0.2, -0.15) is 8.42 Å². The van der Waals surface area contributed by atoms with Gasteiger partial charge in [-0.15, -0.1) is 0 Å². The average Bonchev–Trinajstić information content (AvgIpc) is 2.46. The lowest BCUT2D eigenvalue weighted by Crippen LogP contribution is -2.02. The first-order chi connectivity index (χ1) is 10.5. The molecule has 0 amide bonds. The van der Waals surface area contributed by atoms with E-state index in [-0.39, 0.29) is 15.5 Å². The Morgan fingerprint density at radius 2 is 1.30 bits per heavy atom. The molecular formula is C12H9Cl2NO6S2. The molecule has 0 atom stereocenters. The second kappa shape index (κ2) is 7.73. The quantitative estimate of drug-likeness (QED) is 0.446. The molecule has 0 spiro atoms. The van der Waals surface area contributed by atoms with Gasteiger partial charge in [0.1, 0.15) is 0 Å². The van der Waals surface area contributed by atoms with E-state index in [1.165, 1.54) is 30.3 Å². The number of sulfone groups is 1. The molecule has 0 N–H and O–H groups in total. The number of nitrogens with zero attached hydrogens (tertiary/aromatic N) is 1. The Labute approximate surface area is 141 Å². The molecule has 124 valence electrons. The van der Waals surface area contributed by atoms with Crippen molar-refractivity contribution in [3.63, 3.8) is 0 Å². The summed E-state index contributed by atoms with van der Waals surface area (Å²) in [6, 6.07) is 12.8. The predicted octanol–water partition coefficient (Wildman–Crippen LogP) is 3.14. The standard InChI is InChI=1S/C12H9NO4S.Cl2O2S/c14-13(15)10-5-4-8-12(9-10)18(16,17)11-6-2-1-3-7-11;1-5(2,3)4/h1-9H;. The van der Waals surface area contributed by atoms with Crippen LogP contribution in [0.2, 0.25) is 0 Å². The normalized spacial score (nSPS) is 11.2. The summed E-state index contributed by atoms with van der Waals surface area (Å²) in [6.45, 7) is 0. The fourth-order valence-corrected chi connectivity index (χ4v) is 2.82. The smallest absolute Gasteiger partial charge is 0.258 e. The lowest BCUT2D eigenvalue weighted by Gasteiger charge is -2.03. The van der Waals surface area contributed by atoms with Crippen molar-refractivity contribution in [2.75, 3.05) is 0 Å². The van der Waals surface area contributed by atoms with Gasteiger partial charge < -0.3 is 0 Å². The summed E-state index contributed by atoms with van der Waals surface area (Å²) in [5.74, 6) is 0. The number of benzene rings is 2. The van der Waals surface area contributed by atoms with Crippen LogP contribution in [0.1, 0.15) is 0 Å². The maximum atomic E-state index is 12.2. The third-order valence-electron chi connectivity index (χ3n) is 2.39. The molecule has 2 aromatic rings. The van der Waals surface area contributed by atoms with Crippen LogP contribution in [0.3, 0.4) is 0 Å². The fraction of sp³-hybridized carbons (Fsp3) is 0. The summed E-state index contributed by atoms with van der Waals surface area (Å²) in [4.78, 5) is 10.0. The molecule has 0 fully saturated rings. The number of nitro groups is 1. The van der Waals surface area contributed by atoms with Gasteiger partial charge in [-0.05, 0) is 18.2 Å². The molecule has 0 heterocycles. The summed E-state index contributed by atoms with van der Waals surface area (Å²) in [7, 11) is 1.11. The monoisotopic (exact) mass is 397 g/mol. The first-order valence-corrected chi connectivity index (χ1v) is 10.3. The van der Waals surface area contributed by atoms with Gasteiger partial charge >= 0.3 is 8.26 Å². The Kier molecular flexibility index (Phi) is 6.51. The predicted molar refractivity (Wildman–Crippen MR) is 85.6 cm³/mol. The molecule has 0 aliphatic rings. The van der Waals surface area contributed by atoms with E-state index in [1.54, 1.807) is 18.2 Å². The van der Waals surface area contributed by atoms with E-state index >= 15 is 0 Å². The van der Waals surface area contributed by atoms with Gasteiger partial charge in [0.15, 0.2) is 0 Å². The highest BCUT2D eigenvalue weighted by Gasteiger charge is 2.19. The number of nitro benzene ring substituents is 1. The van der Waals surface area contributed by atoms with Crippen molar-refractivity contribution in [2.45, 2.75) is 9.79 Å². The van der Waals surface area contributed by atoms with E-state index in [0.717, 1.165) is 6.07 Å². The maximum Gasteiger partial charge on any atom is 0.317 e. The van der Waals surface area contributed by atoms with Crippen molar-refractivity contribution in [1.29, 1.82) is 0 Å². The SMILES string of the molecule is O=S(=O)(Cl)Cl.O=[N+]([O-])c1cccc(S(=O)(=O)c2ccccc2)c1. The highest BCUT2D eigenvalue weighted by atomic mass is 36.0.